The summed E-state index contributed by atoms with van der Waals surface area (Å²) >= 11 is 0. The van der Waals surface area contributed by atoms with E-state index >= 15 is 0 Å². The molecule has 1 fully saturated rings. The Morgan fingerprint density at radius 1 is 1.14 bits per heavy atom. The zero-order valence-corrected chi connectivity index (χ0v) is 20.4. The second-order valence-electron chi connectivity index (χ2n) is 10.3. The summed E-state index contributed by atoms with van der Waals surface area (Å²) in [6.07, 6.45) is 2.56. The van der Waals surface area contributed by atoms with E-state index in [9.17, 15) is 4.79 Å². The molecule has 0 spiro atoms. The average Bonchev–Trinajstić information content (AvgIpc) is 3.26. The fourth-order valence-electron chi connectivity index (χ4n) is 4.64. The summed E-state index contributed by atoms with van der Waals surface area (Å²) in [5, 5.41) is 5.16. The minimum Gasteiger partial charge on any atom is -0.489 e. The van der Waals surface area contributed by atoms with Gasteiger partial charge in [0.15, 0.2) is 5.82 Å². The van der Waals surface area contributed by atoms with Crippen LogP contribution in [0.2, 0.25) is 0 Å². The lowest BCUT2D eigenvalue weighted by Gasteiger charge is -2.21. The number of carbonyl (C=O) groups is 1. The molecule has 4 aromatic rings. The minimum atomic E-state index is -0.541. The molecule has 0 N–H and O–H groups in total. The lowest BCUT2D eigenvalue weighted by atomic mass is 9.93. The SMILES string of the molecule is Cc1cc(COc2ccc(C[C@]3(c4ncon4)CC3C(=O)OC(C)(C)C)cc2)c2ccccc2n1. The van der Waals surface area contributed by atoms with E-state index < -0.39 is 11.0 Å². The molecule has 1 unspecified atom stereocenters. The van der Waals surface area contributed by atoms with Gasteiger partial charge in [-0.15, -0.1) is 0 Å². The van der Waals surface area contributed by atoms with Crippen molar-refractivity contribution in [1.82, 2.24) is 15.1 Å². The molecule has 35 heavy (non-hydrogen) atoms. The highest BCUT2D eigenvalue weighted by Gasteiger charge is 2.63. The molecule has 1 saturated carbocycles. The standard InChI is InChI=1S/C28H29N3O4/c1-18-13-20(22-7-5-6-8-24(22)30-18)16-33-21-11-9-19(10-12-21)14-28(26-29-17-34-31-26)15-23(28)25(32)35-27(2,3)4/h5-13,17,23H,14-16H2,1-4H3/t23?,28-/m0/s1. The van der Waals surface area contributed by atoms with Crippen molar-refractivity contribution < 1.29 is 18.8 Å². The van der Waals surface area contributed by atoms with Crippen LogP contribution in [0.1, 0.15) is 49.8 Å². The molecule has 0 amide bonds. The lowest BCUT2D eigenvalue weighted by molar-refractivity contribution is -0.157. The smallest absolute Gasteiger partial charge is 0.310 e. The Morgan fingerprint density at radius 3 is 2.63 bits per heavy atom. The molecule has 2 atom stereocenters. The number of nitrogens with zero attached hydrogens (tertiary/aromatic N) is 3. The molecule has 0 bridgehead atoms. The second-order valence-corrected chi connectivity index (χ2v) is 10.3. The molecule has 0 saturated heterocycles. The van der Waals surface area contributed by atoms with E-state index in [4.69, 9.17) is 14.0 Å². The summed E-state index contributed by atoms with van der Waals surface area (Å²) in [5.41, 5.74) is 3.06. The molecule has 1 aliphatic rings. The first-order valence-electron chi connectivity index (χ1n) is 11.8. The molecular formula is C28H29N3O4. The number of aromatic nitrogens is 3. The Kier molecular flexibility index (Phi) is 5.79. The topological polar surface area (TPSA) is 87.3 Å². The van der Waals surface area contributed by atoms with Gasteiger partial charge < -0.3 is 14.0 Å². The van der Waals surface area contributed by atoms with E-state index in [1.165, 1.54) is 6.39 Å². The van der Waals surface area contributed by atoms with Crippen molar-refractivity contribution in [2.75, 3.05) is 0 Å². The van der Waals surface area contributed by atoms with Gasteiger partial charge in [0.2, 0.25) is 6.39 Å². The third-order valence-electron chi connectivity index (χ3n) is 6.34. The fourth-order valence-corrected chi connectivity index (χ4v) is 4.64. The van der Waals surface area contributed by atoms with Crippen LogP contribution in [-0.4, -0.2) is 26.7 Å². The van der Waals surface area contributed by atoms with Crippen LogP contribution in [0.3, 0.4) is 0 Å². The van der Waals surface area contributed by atoms with Crippen molar-refractivity contribution in [2.24, 2.45) is 5.92 Å². The molecular weight excluding hydrogens is 442 g/mol. The van der Waals surface area contributed by atoms with Gasteiger partial charge in [0, 0.05) is 16.6 Å². The molecule has 1 aliphatic carbocycles. The maximum absolute atomic E-state index is 12.8. The first-order valence-corrected chi connectivity index (χ1v) is 11.8. The first-order chi connectivity index (χ1) is 16.7. The zero-order valence-electron chi connectivity index (χ0n) is 20.4. The van der Waals surface area contributed by atoms with Crippen LogP contribution in [0.4, 0.5) is 0 Å². The largest absolute Gasteiger partial charge is 0.489 e. The van der Waals surface area contributed by atoms with Crippen LogP contribution in [0, 0.1) is 12.8 Å². The predicted octanol–water partition coefficient (Wildman–Crippen LogP) is 5.35. The van der Waals surface area contributed by atoms with Gasteiger partial charge in [-0.25, -0.2) is 0 Å². The predicted molar refractivity (Wildman–Crippen MR) is 131 cm³/mol. The highest BCUT2D eigenvalue weighted by atomic mass is 16.6. The first kappa shape index (κ1) is 23.0. The highest BCUT2D eigenvalue weighted by molar-refractivity contribution is 5.82. The maximum atomic E-state index is 12.8. The van der Waals surface area contributed by atoms with Crippen molar-refractivity contribution in [3.05, 3.63) is 83.6 Å². The average molecular weight is 472 g/mol. The van der Waals surface area contributed by atoms with E-state index in [0.29, 0.717) is 25.3 Å². The molecule has 0 radical (unpaired) electrons. The highest BCUT2D eigenvalue weighted by Crippen LogP contribution is 2.56. The Hall–Kier alpha value is -3.74. The van der Waals surface area contributed by atoms with E-state index in [1.807, 2.05) is 70.2 Å². The Bertz CT molecular complexity index is 1340. The van der Waals surface area contributed by atoms with E-state index in [1.54, 1.807) is 0 Å². The number of pyridine rings is 1. The number of esters is 1. The van der Waals surface area contributed by atoms with Crippen molar-refractivity contribution in [1.29, 1.82) is 0 Å². The summed E-state index contributed by atoms with van der Waals surface area (Å²) < 4.78 is 16.7. The molecule has 5 rings (SSSR count). The molecule has 180 valence electrons. The number of hydrogen-bond acceptors (Lipinski definition) is 7. The van der Waals surface area contributed by atoms with Gasteiger partial charge in [-0.3, -0.25) is 9.78 Å². The van der Waals surface area contributed by atoms with Crippen molar-refractivity contribution in [3.8, 4) is 5.75 Å². The molecule has 2 aromatic heterocycles. The van der Waals surface area contributed by atoms with Crippen molar-refractivity contribution >= 4 is 16.9 Å². The van der Waals surface area contributed by atoms with Gasteiger partial charge in [-0.2, -0.15) is 4.98 Å². The number of hydrogen-bond donors (Lipinski definition) is 0. The van der Waals surface area contributed by atoms with Crippen molar-refractivity contribution in [2.45, 2.75) is 58.2 Å². The van der Waals surface area contributed by atoms with E-state index in [-0.39, 0.29) is 11.9 Å². The van der Waals surface area contributed by atoms with Crippen LogP contribution in [0.5, 0.6) is 5.75 Å². The lowest BCUT2D eigenvalue weighted by Crippen LogP contribution is -2.28. The zero-order chi connectivity index (χ0) is 24.6. The molecule has 2 heterocycles. The second kappa shape index (κ2) is 8.80. The summed E-state index contributed by atoms with van der Waals surface area (Å²) in [6.45, 7) is 8.07. The third-order valence-corrected chi connectivity index (χ3v) is 6.34. The van der Waals surface area contributed by atoms with Crippen molar-refractivity contribution in [3.63, 3.8) is 0 Å². The quantitative estimate of drug-likeness (QED) is 0.336. The number of carbonyl (C=O) groups excluding carboxylic acids is 1. The summed E-state index contributed by atoms with van der Waals surface area (Å²) in [5.74, 6) is 0.814. The van der Waals surface area contributed by atoms with Gasteiger partial charge in [-0.05, 0) is 70.4 Å². The van der Waals surface area contributed by atoms with Gasteiger partial charge >= 0.3 is 5.97 Å². The molecule has 7 nitrogen and oxygen atoms in total. The third kappa shape index (κ3) is 4.90. The molecule has 2 aromatic carbocycles. The van der Waals surface area contributed by atoms with Crippen LogP contribution >= 0.6 is 0 Å². The number of aryl methyl sites for hydroxylation is 1. The monoisotopic (exact) mass is 471 g/mol. The van der Waals surface area contributed by atoms with Crippen LogP contribution < -0.4 is 4.74 Å². The number of ether oxygens (including phenoxy) is 2. The Morgan fingerprint density at radius 2 is 1.91 bits per heavy atom. The fraction of sp³-hybridized carbons (Fsp3) is 0.357. The van der Waals surface area contributed by atoms with Crippen LogP contribution in [0.15, 0.2) is 65.5 Å². The number of rotatable bonds is 7. The molecule has 0 aliphatic heterocycles. The van der Waals surface area contributed by atoms with Crippen LogP contribution in [-0.2, 0) is 28.0 Å². The normalized spacial score (nSPS) is 19.5. The summed E-state index contributed by atoms with van der Waals surface area (Å²) in [6, 6.07) is 18.1. The minimum absolute atomic E-state index is 0.220. The molecule has 7 heteroatoms. The maximum Gasteiger partial charge on any atom is 0.310 e. The summed E-state index contributed by atoms with van der Waals surface area (Å²) in [4.78, 5) is 21.6. The van der Waals surface area contributed by atoms with E-state index in [0.717, 1.165) is 33.5 Å². The number of benzene rings is 2. The summed E-state index contributed by atoms with van der Waals surface area (Å²) in [7, 11) is 0. The van der Waals surface area contributed by atoms with Gasteiger partial charge in [0.1, 0.15) is 18.0 Å². The van der Waals surface area contributed by atoms with Gasteiger partial charge in [-0.1, -0.05) is 35.5 Å². The Balaban J connectivity index is 1.29. The van der Waals surface area contributed by atoms with Gasteiger partial charge in [0.05, 0.1) is 16.8 Å². The number of fused-ring (bicyclic) bond motifs is 1. The van der Waals surface area contributed by atoms with Gasteiger partial charge in [0.25, 0.3) is 0 Å². The number of para-hydroxylation sites is 1. The van der Waals surface area contributed by atoms with E-state index in [2.05, 4.69) is 27.3 Å². The van der Waals surface area contributed by atoms with Crippen LogP contribution in [0.25, 0.3) is 10.9 Å². The Labute approximate surface area is 204 Å².